The maximum absolute atomic E-state index is 12.2. The van der Waals surface area contributed by atoms with Crippen LogP contribution in [0.4, 0.5) is 5.69 Å². The maximum Gasteiger partial charge on any atom is 0.345 e. The van der Waals surface area contributed by atoms with Crippen molar-refractivity contribution in [2.45, 2.75) is 32.7 Å². The average Bonchev–Trinajstić information content (AvgIpc) is 2.62. The summed E-state index contributed by atoms with van der Waals surface area (Å²) in [5, 5.41) is 13.9. The van der Waals surface area contributed by atoms with Gasteiger partial charge in [-0.15, -0.1) is 0 Å². The van der Waals surface area contributed by atoms with Gasteiger partial charge in [-0.1, -0.05) is 13.8 Å². The number of benzene rings is 1. The Hall–Kier alpha value is -2.84. The van der Waals surface area contributed by atoms with Gasteiger partial charge in [-0.25, -0.2) is 4.79 Å². The van der Waals surface area contributed by atoms with Crippen LogP contribution in [0.3, 0.4) is 0 Å². The Morgan fingerprint density at radius 2 is 1.84 bits per heavy atom. The van der Waals surface area contributed by atoms with Crippen molar-refractivity contribution >= 4 is 17.6 Å². The molecule has 1 aromatic rings. The number of carbonyl (C=O) groups excluding carboxylic acids is 2. The van der Waals surface area contributed by atoms with Gasteiger partial charge in [-0.05, 0) is 12.8 Å². The number of hydrogen-bond acceptors (Lipinski definition) is 7. The lowest BCUT2D eigenvalue weighted by Gasteiger charge is -2.18. The van der Waals surface area contributed by atoms with Crippen LogP contribution < -0.4 is 14.8 Å². The third-order valence-corrected chi connectivity index (χ3v) is 3.76. The zero-order valence-corrected chi connectivity index (χ0v) is 14.1. The number of amides is 1. The number of rotatable bonds is 7. The van der Waals surface area contributed by atoms with E-state index in [2.05, 4.69) is 5.32 Å². The van der Waals surface area contributed by atoms with E-state index in [9.17, 15) is 19.7 Å². The molecule has 1 heterocycles. The highest BCUT2D eigenvalue weighted by molar-refractivity contribution is 5.96. The quantitative estimate of drug-likeness (QED) is 0.452. The first kappa shape index (κ1) is 18.5. The highest BCUT2D eigenvalue weighted by Gasteiger charge is 2.27. The van der Waals surface area contributed by atoms with Gasteiger partial charge in [0.05, 0.1) is 11.0 Å². The average molecular weight is 352 g/mol. The number of nitrogens with one attached hydrogen (secondary N) is 1. The molecule has 0 aliphatic carbocycles. The third-order valence-electron chi connectivity index (χ3n) is 3.76. The number of nitro groups is 1. The van der Waals surface area contributed by atoms with E-state index in [0.717, 1.165) is 18.9 Å². The molecule has 0 aromatic heterocycles. The molecule has 0 radical (unpaired) electrons. The van der Waals surface area contributed by atoms with Crippen molar-refractivity contribution < 1.29 is 28.7 Å². The van der Waals surface area contributed by atoms with Crippen molar-refractivity contribution in [3.05, 3.63) is 27.8 Å². The fraction of sp³-hybridized carbons (Fsp3) is 0.500. The molecule has 136 valence electrons. The summed E-state index contributed by atoms with van der Waals surface area (Å²) in [4.78, 5) is 34.5. The van der Waals surface area contributed by atoms with Crippen molar-refractivity contribution in [1.29, 1.82) is 0 Å². The molecule has 0 saturated carbocycles. The van der Waals surface area contributed by atoms with E-state index in [0.29, 0.717) is 0 Å². The predicted octanol–water partition coefficient (Wildman–Crippen LogP) is 1.83. The maximum atomic E-state index is 12.2. The number of hydrogen-bond donors (Lipinski definition) is 1. The Morgan fingerprint density at radius 3 is 2.40 bits per heavy atom. The number of esters is 1. The van der Waals surface area contributed by atoms with E-state index < -0.39 is 29.1 Å². The van der Waals surface area contributed by atoms with Crippen LogP contribution in [0.5, 0.6) is 11.5 Å². The van der Waals surface area contributed by atoms with Crippen LogP contribution in [-0.2, 0) is 9.53 Å². The summed E-state index contributed by atoms with van der Waals surface area (Å²) in [5.74, 6) is -1.00. The van der Waals surface area contributed by atoms with E-state index in [1.807, 2.05) is 13.8 Å². The van der Waals surface area contributed by atoms with E-state index in [1.165, 1.54) is 6.07 Å². The normalized spacial score (nSPS) is 12.6. The second kappa shape index (κ2) is 8.32. The lowest BCUT2D eigenvalue weighted by molar-refractivity contribution is -0.385. The van der Waals surface area contributed by atoms with E-state index in [4.69, 9.17) is 14.2 Å². The Morgan fingerprint density at radius 1 is 1.24 bits per heavy atom. The van der Waals surface area contributed by atoms with Gasteiger partial charge >= 0.3 is 5.97 Å². The zero-order chi connectivity index (χ0) is 18.4. The molecule has 1 aliphatic rings. The van der Waals surface area contributed by atoms with Crippen LogP contribution in [0.15, 0.2) is 12.1 Å². The van der Waals surface area contributed by atoms with Crippen molar-refractivity contribution in [2.24, 2.45) is 0 Å². The van der Waals surface area contributed by atoms with Crippen molar-refractivity contribution in [1.82, 2.24) is 5.32 Å². The van der Waals surface area contributed by atoms with Crippen LogP contribution in [0.2, 0.25) is 0 Å². The fourth-order valence-electron chi connectivity index (χ4n) is 2.36. The topological polar surface area (TPSA) is 117 Å². The van der Waals surface area contributed by atoms with Crippen LogP contribution in [0, 0.1) is 10.1 Å². The Balaban J connectivity index is 2.10. The number of ether oxygens (including phenoxy) is 3. The van der Waals surface area contributed by atoms with E-state index >= 15 is 0 Å². The SMILES string of the molecule is CCC(CC)NC(=O)COC(=O)c1cc2c(cc1[N+](=O)[O-])OCCO2. The molecule has 9 nitrogen and oxygen atoms in total. The Labute approximate surface area is 144 Å². The minimum absolute atomic E-state index is 0.00479. The molecule has 0 spiro atoms. The van der Waals surface area contributed by atoms with Crippen LogP contribution in [-0.4, -0.2) is 42.7 Å². The highest BCUT2D eigenvalue weighted by Crippen LogP contribution is 2.36. The summed E-state index contributed by atoms with van der Waals surface area (Å²) in [6, 6.07) is 2.32. The zero-order valence-electron chi connectivity index (χ0n) is 14.1. The molecule has 9 heteroatoms. The number of nitrogens with zero attached hydrogens (tertiary/aromatic N) is 1. The van der Waals surface area contributed by atoms with Gasteiger partial charge in [0.25, 0.3) is 11.6 Å². The first-order valence-electron chi connectivity index (χ1n) is 8.00. The number of nitro benzene ring substituents is 1. The van der Waals surface area contributed by atoms with Crippen LogP contribution in [0.25, 0.3) is 0 Å². The smallest absolute Gasteiger partial charge is 0.345 e. The largest absolute Gasteiger partial charge is 0.486 e. The molecule has 0 bridgehead atoms. The van der Waals surface area contributed by atoms with Gasteiger partial charge < -0.3 is 19.5 Å². The minimum Gasteiger partial charge on any atom is -0.486 e. The number of carbonyl (C=O) groups is 2. The van der Waals surface area contributed by atoms with Crippen molar-refractivity contribution in [3.63, 3.8) is 0 Å². The molecule has 1 aliphatic heterocycles. The minimum atomic E-state index is -0.969. The first-order chi connectivity index (χ1) is 12.0. The first-order valence-corrected chi connectivity index (χ1v) is 8.00. The van der Waals surface area contributed by atoms with E-state index in [-0.39, 0.29) is 36.3 Å². The molecule has 0 saturated heterocycles. The Bertz CT molecular complexity index is 671. The van der Waals surface area contributed by atoms with Gasteiger partial charge in [0.15, 0.2) is 18.1 Å². The summed E-state index contributed by atoms with van der Waals surface area (Å²) >= 11 is 0. The molecule has 1 aromatic carbocycles. The van der Waals surface area contributed by atoms with Gasteiger partial charge in [0, 0.05) is 12.1 Å². The van der Waals surface area contributed by atoms with Crippen LogP contribution in [0.1, 0.15) is 37.0 Å². The summed E-state index contributed by atoms with van der Waals surface area (Å²) in [5.41, 5.74) is -0.751. The second-order valence-electron chi connectivity index (χ2n) is 5.43. The van der Waals surface area contributed by atoms with Gasteiger partial charge in [-0.2, -0.15) is 0 Å². The fourth-order valence-corrected chi connectivity index (χ4v) is 2.36. The standard InChI is InChI=1S/C16H20N2O7/c1-3-10(4-2)17-15(19)9-25-16(20)11-7-13-14(24-6-5-23-13)8-12(11)18(21)22/h7-8,10H,3-6,9H2,1-2H3,(H,17,19). The molecule has 25 heavy (non-hydrogen) atoms. The monoisotopic (exact) mass is 352 g/mol. The predicted molar refractivity (Wildman–Crippen MR) is 86.9 cm³/mol. The van der Waals surface area contributed by atoms with Gasteiger partial charge in [0.1, 0.15) is 18.8 Å². The Kier molecular flexibility index (Phi) is 6.15. The molecule has 2 rings (SSSR count). The second-order valence-corrected chi connectivity index (χ2v) is 5.43. The van der Waals surface area contributed by atoms with Crippen LogP contribution >= 0.6 is 0 Å². The molecule has 1 N–H and O–H groups in total. The molecule has 0 unspecified atom stereocenters. The molecule has 1 amide bonds. The summed E-state index contributed by atoms with van der Waals surface area (Å²) in [6.07, 6.45) is 1.51. The number of fused-ring (bicyclic) bond motifs is 1. The van der Waals surface area contributed by atoms with Crippen molar-refractivity contribution in [2.75, 3.05) is 19.8 Å². The van der Waals surface area contributed by atoms with Gasteiger partial charge in [-0.3, -0.25) is 14.9 Å². The van der Waals surface area contributed by atoms with Gasteiger partial charge in [0.2, 0.25) is 0 Å². The summed E-state index contributed by atoms with van der Waals surface area (Å²) < 4.78 is 15.5. The van der Waals surface area contributed by atoms with Crippen molar-refractivity contribution in [3.8, 4) is 11.5 Å². The molecular weight excluding hydrogens is 332 g/mol. The summed E-state index contributed by atoms with van der Waals surface area (Å²) in [7, 11) is 0. The third kappa shape index (κ3) is 4.59. The molecular formula is C16H20N2O7. The highest BCUT2D eigenvalue weighted by atomic mass is 16.6. The lowest BCUT2D eigenvalue weighted by Crippen LogP contribution is -2.36. The lowest BCUT2D eigenvalue weighted by atomic mass is 10.1. The summed E-state index contributed by atoms with van der Waals surface area (Å²) in [6.45, 7) is 3.89. The molecule has 0 atom stereocenters. The molecule has 0 fully saturated rings. The van der Waals surface area contributed by atoms with E-state index in [1.54, 1.807) is 0 Å².